The number of ether oxygens (including phenoxy) is 3. The van der Waals surface area contributed by atoms with Gasteiger partial charge in [0.25, 0.3) is 0 Å². The van der Waals surface area contributed by atoms with Crippen molar-refractivity contribution in [2.75, 3.05) is 45.5 Å². The van der Waals surface area contributed by atoms with Gasteiger partial charge < -0.3 is 18.7 Å². The number of amides is 1. The van der Waals surface area contributed by atoms with E-state index >= 15 is 0 Å². The lowest BCUT2D eigenvalue weighted by Gasteiger charge is -2.35. The van der Waals surface area contributed by atoms with Crippen LogP contribution in [0.4, 0.5) is 5.88 Å². The molecule has 1 aromatic heterocycles. The van der Waals surface area contributed by atoms with E-state index in [1.165, 1.54) is 20.3 Å². The van der Waals surface area contributed by atoms with E-state index in [2.05, 4.69) is 10.5 Å². The standard InChI is InChI=1S/C22H36N2O7S/c1-21(2,32(26,27)17-7-11-29-12-8-17)20(25)23-19-15-18(24-31-19)22(9-5-4-6-10-22)16-30-14-13-28-3/h15,17H,4-14,16H2,1-3H3,(H,23,25). The van der Waals surface area contributed by atoms with Crippen LogP contribution in [0.1, 0.15) is 64.5 Å². The highest BCUT2D eigenvalue weighted by Gasteiger charge is 2.47. The SMILES string of the molecule is COCCOCC1(c2cc(NC(=O)C(C)(C)S(=O)(=O)C3CCOCC3)on2)CCCCC1. The summed E-state index contributed by atoms with van der Waals surface area (Å²) in [5.74, 6) is -0.470. The molecule has 2 heterocycles. The molecule has 0 radical (unpaired) electrons. The molecule has 2 aliphatic rings. The largest absolute Gasteiger partial charge is 0.382 e. The lowest BCUT2D eigenvalue weighted by molar-refractivity contribution is -0.118. The molecule has 0 unspecified atom stereocenters. The number of methoxy groups -OCH3 is 1. The summed E-state index contributed by atoms with van der Waals surface area (Å²) < 4.78 is 46.2. The Hall–Kier alpha value is -1.49. The predicted octanol–water partition coefficient (Wildman–Crippen LogP) is 2.85. The Kier molecular flexibility index (Phi) is 8.35. The molecule has 1 amide bonds. The summed E-state index contributed by atoms with van der Waals surface area (Å²) >= 11 is 0. The van der Waals surface area contributed by atoms with Crippen LogP contribution in [-0.2, 0) is 34.3 Å². The first-order chi connectivity index (χ1) is 15.2. The molecule has 1 saturated carbocycles. The third-order valence-corrected chi connectivity index (χ3v) is 9.73. The van der Waals surface area contributed by atoms with Crippen molar-refractivity contribution in [3.63, 3.8) is 0 Å². The Bertz CT molecular complexity index is 853. The summed E-state index contributed by atoms with van der Waals surface area (Å²) in [6.45, 7) is 5.18. The lowest BCUT2D eigenvalue weighted by atomic mass is 9.72. The van der Waals surface area contributed by atoms with E-state index < -0.39 is 25.7 Å². The van der Waals surface area contributed by atoms with Gasteiger partial charge >= 0.3 is 0 Å². The second kappa shape index (κ2) is 10.6. The zero-order valence-electron chi connectivity index (χ0n) is 19.4. The Morgan fingerprint density at radius 2 is 1.91 bits per heavy atom. The van der Waals surface area contributed by atoms with Gasteiger partial charge in [0, 0.05) is 31.8 Å². The minimum absolute atomic E-state index is 0.155. The van der Waals surface area contributed by atoms with Gasteiger partial charge in [0.1, 0.15) is 4.75 Å². The first-order valence-corrected chi connectivity index (χ1v) is 12.9. The van der Waals surface area contributed by atoms with Crippen molar-refractivity contribution >= 4 is 21.6 Å². The third-order valence-electron chi connectivity index (χ3n) is 6.78. The monoisotopic (exact) mass is 472 g/mol. The topological polar surface area (TPSA) is 117 Å². The fourth-order valence-electron chi connectivity index (χ4n) is 4.49. The number of nitrogens with one attached hydrogen (secondary N) is 1. The highest BCUT2D eigenvalue weighted by Crippen LogP contribution is 2.40. The van der Waals surface area contributed by atoms with Crippen LogP contribution < -0.4 is 5.32 Å². The second-order valence-electron chi connectivity index (χ2n) is 9.28. The van der Waals surface area contributed by atoms with E-state index in [9.17, 15) is 13.2 Å². The molecule has 182 valence electrons. The zero-order valence-corrected chi connectivity index (χ0v) is 20.2. The molecular formula is C22H36N2O7S. The van der Waals surface area contributed by atoms with Crippen molar-refractivity contribution in [2.24, 2.45) is 0 Å². The Morgan fingerprint density at radius 1 is 1.22 bits per heavy atom. The van der Waals surface area contributed by atoms with E-state index in [0.717, 1.165) is 31.4 Å². The van der Waals surface area contributed by atoms with Crippen molar-refractivity contribution in [3.8, 4) is 0 Å². The molecular weight excluding hydrogens is 436 g/mol. The number of nitrogens with zero attached hydrogens (tertiary/aromatic N) is 1. The lowest BCUT2D eigenvalue weighted by Crippen LogP contribution is -2.50. The van der Waals surface area contributed by atoms with E-state index in [4.69, 9.17) is 18.7 Å². The van der Waals surface area contributed by atoms with Crippen LogP contribution in [0, 0.1) is 0 Å². The average Bonchev–Trinajstić information content (AvgIpc) is 3.27. The predicted molar refractivity (Wildman–Crippen MR) is 119 cm³/mol. The minimum Gasteiger partial charge on any atom is -0.382 e. The minimum atomic E-state index is -3.71. The number of anilines is 1. The van der Waals surface area contributed by atoms with Gasteiger partial charge in [-0.05, 0) is 39.5 Å². The van der Waals surface area contributed by atoms with E-state index in [-0.39, 0.29) is 11.3 Å². The Labute approximate surface area is 190 Å². The highest BCUT2D eigenvalue weighted by molar-refractivity contribution is 7.94. The van der Waals surface area contributed by atoms with Gasteiger partial charge in [0.15, 0.2) is 9.84 Å². The van der Waals surface area contributed by atoms with Crippen LogP contribution >= 0.6 is 0 Å². The number of hydrogen-bond donors (Lipinski definition) is 1. The van der Waals surface area contributed by atoms with Gasteiger partial charge in [0.2, 0.25) is 11.8 Å². The molecule has 0 aromatic carbocycles. The molecule has 32 heavy (non-hydrogen) atoms. The van der Waals surface area contributed by atoms with Crippen LogP contribution in [-0.4, -0.2) is 69.6 Å². The van der Waals surface area contributed by atoms with Gasteiger partial charge in [-0.3, -0.25) is 10.1 Å². The van der Waals surface area contributed by atoms with E-state index in [1.807, 2.05) is 0 Å². The maximum absolute atomic E-state index is 13.1. The van der Waals surface area contributed by atoms with Gasteiger partial charge in [-0.25, -0.2) is 8.42 Å². The van der Waals surface area contributed by atoms with Crippen molar-refractivity contribution in [1.29, 1.82) is 0 Å². The average molecular weight is 473 g/mol. The van der Waals surface area contributed by atoms with Crippen LogP contribution in [0.15, 0.2) is 10.6 Å². The molecule has 1 aromatic rings. The number of sulfone groups is 1. The molecule has 0 bridgehead atoms. The number of aromatic nitrogens is 1. The van der Waals surface area contributed by atoms with Gasteiger partial charge in [0.05, 0.1) is 30.8 Å². The molecule has 3 rings (SSSR count). The molecule has 10 heteroatoms. The number of rotatable bonds is 10. The number of carbonyl (C=O) groups is 1. The molecule has 1 saturated heterocycles. The molecule has 9 nitrogen and oxygen atoms in total. The summed E-state index contributed by atoms with van der Waals surface area (Å²) in [5.41, 5.74) is 0.456. The summed E-state index contributed by atoms with van der Waals surface area (Å²) in [4.78, 5) is 13.0. The van der Waals surface area contributed by atoms with E-state index in [0.29, 0.717) is 45.9 Å². The number of hydrogen-bond acceptors (Lipinski definition) is 8. The molecule has 0 spiro atoms. The van der Waals surface area contributed by atoms with Gasteiger partial charge in [-0.1, -0.05) is 24.4 Å². The van der Waals surface area contributed by atoms with Crippen LogP contribution in [0.5, 0.6) is 0 Å². The smallest absolute Gasteiger partial charge is 0.247 e. The van der Waals surface area contributed by atoms with Crippen LogP contribution in [0.25, 0.3) is 0 Å². The summed E-state index contributed by atoms with van der Waals surface area (Å²) in [6.07, 6.45) is 5.94. The third kappa shape index (κ3) is 5.35. The van der Waals surface area contributed by atoms with E-state index in [1.54, 1.807) is 13.2 Å². The molecule has 2 fully saturated rings. The zero-order chi connectivity index (χ0) is 23.2. The molecule has 1 aliphatic heterocycles. The van der Waals surface area contributed by atoms with Crippen molar-refractivity contribution < 1.29 is 31.9 Å². The second-order valence-corrected chi connectivity index (χ2v) is 12.1. The fourth-order valence-corrected chi connectivity index (χ4v) is 6.45. The molecule has 1 aliphatic carbocycles. The fraction of sp³-hybridized carbons (Fsp3) is 0.818. The van der Waals surface area contributed by atoms with Crippen LogP contribution in [0.2, 0.25) is 0 Å². The molecule has 0 atom stereocenters. The van der Waals surface area contributed by atoms with Crippen LogP contribution in [0.3, 0.4) is 0 Å². The summed E-state index contributed by atoms with van der Waals surface area (Å²) in [6, 6.07) is 1.71. The first-order valence-electron chi connectivity index (χ1n) is 11.4. The maximum Gasteiger partial charge on any atom is 0.247 e. The van der Waals surface area contributed by atoms with Gasteiger partial charge in [-0.2, -0.15) is 0 Å². The van der Waals surface area contributed by atoms with Crippen molar-refractivity contribution in [3.05, 3.63) is 11.8 Å². The quantitative estimate of drug-likeness (QED) is 0.517. The normalized spacial score (nSPS) is 20.2. The van der Waals surface area contributed by atoms with Crippen molar-refractivity contribution in [2.45, 2.75) is 74.2 Å². The number of carbonyl (C=O) groups excluding carboxylic acids is 1. The van der Waals surface area contributed by atoms with Crippen molar-refractivity contribution in [1.82, 2.24) is 5.16 Å². The first kappa shape index (κ1) is 25.1. The summed E-state index contributed by atoms with van der Waals surface area (Å²) in [7, 11) is -2.08. The highest BCUT2D eigenvalue weighted by atomic mass is 32.2. The molecule has 1 N–H and O–H groups in total. The Balaban J connectivity index is 1.71. The summed E-state index contributed by atoms with van der Waals surface area (Å²) in [5, 5.41) is 6.29. The Morgan fingerprint density at radius 3 is 2.56 bits per heavy atom. The maximum atomic E-state index is 13.1. The van der Waals surface area contributed by atoms with Gasteiger partial charge in [-0.15, -0.1) is 0 Å².